The van der Waals surface area contributed by atoms with E-state index in [1.807, 2.05) is 50.4 Å². The summed E-state index contributed by atoms with van der Waals surface area (Å²) in [5.74, 6) is 1.18. The van der Waals surface area contributed by atoms with Crippen molar-refractivity contribution in [2.45, 2.75) is 26.3 Å². The average Bonchev–Trinajstić information content (AvgIpc) is 3.37. The van der Waals surface area contributed by atoms with Crippen LogP contribution in [0.2, 0.25) is 0 Å². The third kappa shape index (κ3) is 4.27. The van der Waals surface area contributed by atoms with E-state index in [0.717, 1.165) is 22.5 Å². The Kier molecular flexibility index (Phi) is 5.95. The van der Waals surface area contributed by atoms with E-state index >= 15 is 0 Å². The van der Waals surface area contributed by atoms with E-state index < -0.39 is 0 Å². The molecule has 4 rings (SSSR count). The molecule has 1 amide bonds. The van der Waals surface area contributed by atoms with Crippen molar-refractivity contribution in [3.63, 3.8) is 0 Å². The van der Waals surface area contributed by atoms with Gasteiger partial charge in [-0.2, -0.15) is 0 Å². The van der Waals surface area contributed by atoms with Crippen LogP contribution in [-0.2, 0) is 6.42 Å². The minimum Gasteiger partial charge on any atom is -0.493 e. The predicted octanol–water partition coefficient (Wildman–Crippen LogP) is 4.98. The fourth-order valence-electron chi connectivity index (χ4n) is 3.67. The number of H-pyrrole nitrogens is 1. The molecular weight excluding hydrogens is 410 g/mol. The smallest absolute Gasteiger partial charge is 0.263 e. The Morgan fingerprint density at radius 1 is 1.16 bits per heavy atom. The number of hydrogen-bond donors (Lipinski definition) is 2. The second-order valence-corrected chi connectivity index (χ2v) is 8.44. The molecule has 31 heavy (non-hydrogen) atoms. The zero-order valence-corrected chi connectivity index (χ0v) is 18.8. The van der Waals surface area contributed by atoms with E-state index in [2.05, 4.69) is 27.4 Å². The number of carbonyl (C=O) groups excluding carboxylic acids is 1. The van der Waals surface area contributed by atoms with Gasteiger partial charge in [0.2, 0.25) is 0 Å². The molecule has 0 aliphatic rings. The molecule has 1 atom stereocenters. The highest BCUT2D eigenvalue weighted by molar-refractivity contribution is 7.17. The number of methoxy groups -OCH3 is 2. The van der Waals surface area contributed by atoms with Gasteiger partial charge in [-0.05, 0) is 50.1 Å². The standard InChI is InChI=1S/C24H25N3O3S/c1-14(11-17-13-25-19-8-6-5-7-18(17)19)26-23(28)22-15(2)27-24(31-22)16-9-10-20(29-3)21(12-16)30-4/h5-10,12-14,25H,11H2,1-4H3,(H,26,28)/t14-/m0/s1. The summed E-state index contributed by atoms with van der Waals surface area (Å²) in [5, 5.41) is 5.08. The number of carbonyl (C=O) groups is 1. The molecule has 0 saturated heterocycles. The average molecular weight is 436 g/mol. The molecule has 2 aromatic heterocycles. The van der Waals surface area contributed by atoms with Crippen LogP contribution in [0.4, 0.5) is 0 Å². The topological polar surface area (TPSA) is 76.2 Å². The number of nitrogens with zero attached hydrogens (tertiary/aromatic N) is 1. The van der Waals surface area contributed by atoms with Crippen molar-refractivity contribution < 1.29 is 14.3 Å². The van der Waals surface area contributed by atoms with Crippen molar-refractivity contribution in [3.05, 3.63) is 64.8 Å². The van der Waals surface area contributed by atoms with Crippen LogP contribution in [0, 0.1) is 6.92 Å². The van der Waals surface area contributed by atoms with Gasteiger partial charge in [-0.25, -0.2) is 4.98 Å². The van der Waals surface area contributed by atoms with Gasteiger partial charge < -0.3 is 19.8 Å². The highest BCUT2D eigenvalue weighted by atomic mass is 32.1. The van der Waals surface area contributed by atoms with Crippen LogP contribution in [-0.4, -0.2) is 36.1 Å². The molecule has 7 heteroatoms. The Hall–Kier alpha value is -3.32. The number of aryl methyl sites for hydroxylation is 1. The van der Waals surface area contributed by atoms with Gasteiger partial charge in [-0.15, -0.1) is 11.3 Å². The number of thiazole rings is 1. The van der Waals surface area contributed by atoms with Gasteiger partial charge in [0.1, 0.15) is 9.88 Å². The lowest BCUT2D eigenvalue weighted by Gasteiger charge is -2.13. The maximum atomic E-state index is 12.9. The maximum absolute atomic E-state index is 12.9. The lowest BCUT2D eigenvalue weighted by Crippen LogP contribution is -2.33. The Balaban J connectivity index is 1.50. The Morgan fingerprint density at radius 2 is 1.94 bits per heavy atom. The molecular formula is C24H25N3O3S. The van der Waals surface area contributed by atoms with Gasteiger partial charge in [0, 0.05) is 28.7 Å². The molecule has 6 nitrogen and oxygen atoms in total. The number of nitrogens with one attached hydrogen (secondary N) is 2. The maximum Gasteiger partial charge on any atom is 0.263 e. The molecule has 2 aromatic carbocycles. The van der Waals surface area contributed by atoms with Crippen molar-refractivity contribution in [1.82, 2.24) is 15.3 Å². The number of para-hydroxylation sites is 1. The summed E-state index contributed by atoms with van der Waals surface area (Å²) in [6.07, 6.45) is 2.76. The lowest BCUT2D eigenvalue weighted by atomic mass is 10.1. The van der Waals surface area contributed by atoms with Crippen molar-refractivity contribution in [3.8, 4) is 22.1 Å². The summed E-state index contributed by atoms with van der Waals surface area (Å²) >= 11 is 1.38. The van der Waals surface area contributed by atoms with Crippen LogP contribution in [0.25, 0.3) is 21.5 Å². The molecule has 2 heterocycles. The number of hydrogen-bond acceptors (Lipinski definition) is 5. The zero-order chi connectivity index (χ0) is 22.0. The van der Waals surface area contributed by atoms with E-state index in [9.17, 15) is 4.79 Å². The van der Waals surface area contributed by atoms with Crippen molar-refractivity contribution in [2.75, 3.05) is 14.2 Å². The van der Waals surface area contributed by atoms with Crippen molar-refractivity contribution in [2.24, 2.45) is 0 Å². The number of ether oxygens (including phenoxy) is 2. The molecule has 160 valence electrons. The molecule has 0 fully saturated rings. The summed E-state index contributed by atoms with van der Waals surface area (Å²) in [5.41, 5.74) is 3.90. The highest BCUT2D eigenvalue weighted by Crippen LogP contribution is 2.35. The van der Waals surface area contributed by atoms with E-state index in [-0.39, 0.29) is 11.9 Å². The second kappa shape index (κ2) is 8.81. The summed E-state index contributed by atoms with van der Waals surface area (Å²) in [6.45, 7) is 3.88. The van der Waals surface area contributed by atoms with Crippen LogP contribution in [0.15, 0.2) is 48.7 Å². The zero-order valence-electron chi connectivity index (χ0n) is 18.0. The van der Waals surface area contributed by atoms with Crippen molar-refractivity contribution in [1.29, 1.82) is 0 Å². The molecule has 0 radical (unpaired) electrons. The lowest BCUT2D eigenvalue weighted by molar-refractivity contribution is 0.0943. The Morgan fingerprint density at radius 3 is 2.71 bits per heavy atom. The first-order valence-corrected chi connectivity index (χ1v) is 10.9. The van der Waals surface area contributed by atoms with Crippen molar-refractivity contribution >= 4 is 28.1 Å². The Labute approximate surface area is 185 Å². The van der Waals surface area contributed by atoms with Gasteiger partial charge in [0.25, 0.3) is 5.91 Å². The van der Waals surface area contributed by atoms with Crippen LogP contribution in [0.1, 0.15) is 27.9 Å². The fraction of sp³-hybridized carbons (Fsp3) is 0.250. The second-order valence-electron chi connectivity index (χ2n) is 7.44. The molecule has 0 unspecified atom stereocenters. The highest BCUT2D eigenvalue weighted by Gasteiger charge is 2.19. The monoisotopic (exact) mass is 435 g/mol. The van der Waals surface area contributed by atoms with Crippen LogP contribution < -0.4 is 14.8 Å². The number of benzene rings is 2. The van der Waals surface area contributed by atoms with Gasteiger partial charge in [0.15, 0.2) is 11.5 Å². The largest absolute Gasteiger partial charge is 0.493 e. The molecule has 0 saturated carbocycles. The summed E-state index contributed by atoms with van der Waals surface area (Å²) in [7, 11) is 3.20. The molecule has 0 aliphatic carbocycles. The summed E-state index contributed by atoms with van der Waals surface area (Å²) in [4.78, 5) is 21.5. The normalized spacial score (nSPS) is 12.0. The molecule has 0 bridgehead atoms. The number of aromatic nitrogens is 2. The van der Waals surface area contributed by atoms with E-state index in [1.54, 1.807) is 14.2 Å². The molecule has 0 aliphatic heterocycles. The number of fused-ring (bicyclic) bond motifs is 1. The number of rotatable bonds is 7. The summed E-state index contributed by atoms with van der Waals surface area (Å²) < 4.78 is 10.7. The summed E-state index contributed by atoms with van der Waals surface area (Å²) in [6, 6.07) is 13.8. The first-order valence-electron chi connectivity index (χ1n) is 10.1. The van der Waals surface area contributed by atoms with Gasteiger partial charge in [0.05, 0.1) is 19.9 Å². The molecule has 0 spiro atoms. The SMILES string of the molecule is COc1ccc(-c2nc(C)c(C(=O)N[C@@H](C)Cc3c[nH]c4ccccc34)s2)cc1OC. The third-order valence-corrected chi connectivity index (χ3v) is 6.42. The van der Waals surface area contributed by atoms with Gasteiger partial charge in [-0.3, -0.25) is 4.79 Å². The fourth-order valence-corrected chi connectivity index (χ4v) is 4.64. The first-order chi connectivity index (χ1) is 15.0. The molecule has 2 N–H and O–H groups in total. The van der Waals surface area contributed by atoms with Crippen LogP contribution >= 0.6 is 11.3 Å². The van der Waals surface area contributed by atoms with Gasteiger partial charge in [-0.1, -0.05) is 18.2 Å². The van der Waals surface area contributed by atoms with Crippen LogP contribution in [0.3, 0.4) is 0 Å². The molecule has 4 aromatic rings. The third-order valence-electron chi connectivity index (χ3n) is 5.21. The van der Waals surface area contributed by atoms with E-state index in [4.69, 9.17) is 9.47 Å². The minimum absolute atomic E-state index is 0.0160. The quantitative estimate of drug-likeness (QED) is 0.429. The Bertz CT molecular complexity index is 1230. The van der Waals surface area contributed by atoms with E-state index in [0.29, 0.717) is 22.1 Å². The predicted molar refractivity (Wildman–Crippen MR) is 124 cm³/mol. The van der Waals surface area contributed by atoms with Crippen LogP contribution in [0.5, 0.6) is 11.5 Å². The number of aromatic amines is 1. The first kappa shape index (κ1) is 20.9. The van der Waals surface area contributed by atoms with Gasteiger partial charge >= 0.3 is 0 Å². The minimum atomic E-state index is -0.103. The number of amides is 1. The van der Waals surface area contributed by atoms with E-state index in [1.165, 1.54) is 22.3 Å².